The van der Waals surface area contributed by atoms with Gasteiger partial charge in [0.1, 0.15) is 11.2 Å². The number of rotatable bonds is 3. The highest BCUT2D eigenvalue weighted by Gasteiger charge is 2.15. The topological polar surface area (TPSA) is 67.6 Å². The van der Waals surface area contributed by atoms with Gasteiger partial charge >= 0.3 is 0 Å². The zero-order valence-electron chi connectivity index (χ0n) is 14.0. The third-order valence-electron chi connectivity index (χ3n) is 4.35. The van der Waals surface area contributed by atoms with Gasteiger partial charge < -0.3 is 5.73 Å². The number of halogens is 2. The van der Waals surface area contributed by atoms with E-state index in [4.69, 9.17) is 28.9 Å². The summed E-state index contributed by atoms with van der Waals surface area (Å²) in [6, 6.07) is 15.6. The SMILES string of the molecule is CC(N)c1cccc(-c2cnc3c(-c4cccc(Cl)c4Cl)n[nH]c3c2)c1. The number of benzene rings is 2. The third-order valence-corrected chi connectivity index (χ3v) is 5.17. The molecule has 2 aromatic heterocycles. The third kappa shape index (κ3) is 2.97. The van der Waals surface area contributed by atoms with Crippen LogP contribution in [0.1, 0.15) is 18.5 Å². The molecule has 0 radical (unpaired) electrons. The number of aromatic nitrogens is 3. The molecule has 0 spiro atoms. The lowest BCUT2D eigenvalue weighted by Crippen LogP contribution is -2.04. The van der Waals surface area contributed by atoms with Crippen molar-refractivity contribution in [3.05, 3.63) is 70.3 Å². The zero-order chi connectivity index (χ0) is 18.3. The van der Waals surface area contributed by atoms with Gasteiger partial charge in [0.05, 0.1) is 15.6 Å². The van der Waals surface area contributed by atoms with E-state index in [-0.39, 0.29) is 6.04 Å². The summed E-state index contributed by atoms with van der Waals surface area (Å²) >= 11 is 12.5. The molecule has 0 aliphatic heterocycles. The molecule has 3 N–H and O–H groups in total. The average molecular weight is 383 g/mol. The van der Waals surface area contributed by atoms with E-state index in [0.717, 1.165) is 33.3 Å². The van der Waals surface area contributed by atoms with Gasteiger partial charge in [0.25, 0.3) is 0 Å². The summed E-state index contributed by atoms with van der Waals surface area (Å²) in [6.45, 7) is 1.97. The molecule has 26 heavy (non-hydrogen) atoms. The lowest BCUT2D eigenvalue weighted by atomic mass is 10.0. The summed E-state index contributed by atoms with van der Waals surface area (Å²) in [5, 5.41) is 8.40. The number of nitrogens with two attached hydrogens (primary N) is 1. The number of nitrogens with zero attached hydrogens (tertiary/aromatic N) is 2. The summed E-state index contributed by atoms with van der Waals surface area (Å²) in [5.41, 5.74) is 12.1. The fraction of sp³-hybridized carbons (Fsp3) is 0.100. The Morgan fingerprint density at radius 2 is 1.85 bits per heavy atom. The molecule has 0 amide bonds. The Labute approximate surface area is 161 Å². The van der Waals surface area contributed by atoms with Crippen LogP contribution in [-0.4, -0.2) is 15.2 Å². The van der Waals surface area contributed by atoms with Gasteiger partial charge in [-0.05, 0) is 36.2 Å². The first-order valence-electron chi connectivity index (χ1n) is 8.19. The van der Waals surface area contributed by atoms with Gasteiger partial charge in [-0.15, -0.1) is 0 Å². The van der Waals surface area contributed by atoms with Gasteiger partial charge in [0, 0.05) is 23.4 Å². The van der Waals surface area contributed by atoms with Crippen molar-refractivity contribution in [2.75, 3.05) is 0 Å². The number of pyridine rings is 1. The van der Waals surface area contributed by atoms with Crippen LogP contribution in [0.3, 0.4) is 0 Å². The van der Waals surface area contributed by atoms with Crippen LogP contribution in [-0.2, 0) is 0 Å². The Bertz CT molecular complexity index is 1100. The maximum atomic E-state index is 6.33. The van der Waals surface area contributed by atoms with Crippen LogP contribution in [0, 0.1) is 0 Å². The smallest absolute Gasteiger partial charge is 0.120 e. The molecule has 1 unspecified atom stereocenters. The maximum absolute atomic E-state index is 6.33. The Kier molecular flexibility index (Phi) is 4.41. The summed E-state index contributed by atoms with van der Waals surface area (Å²) in [6.07, 6.45) is 1.83. The predicted molar refractivity (Wildman–Crippen MR) is 107 cm³/mol. The summed E-state index contributed by atoms with van der Waals surface area (Å²) in [4.78, 5) is 4.61. The first kappa shape index (κ1) is 17.0. The second-order valence-electron chi connectivity index (χ2n) is 6.21. The van der Waals surface area contributed by atoms with Crippen molar-refractivity contribution in [2.45, 2.75) is 13.0 Å². The monoisotopic (exact) mass is 382 g/mol. The molecule has 0 bridgehead atoms. The number of H-pyrrole nitrogens is 1. The molecule has 0 aliphatic carbocycles. The van der Waals surface area contributed by atoms with Crippen LogP contribution >= 0.6 is 23.2 Å². The second kappa shape index (κ2) is 6.72. The minimum absolute atomic E-state index is 0.0182. The molecule has 130 valence electrons. The van der Waals surface area contributed by atoms with Gasteiger partial charge in [0.2, 0.25) is 0 Å². The number of nitrogens with one attached hydrogen (secondary N) is 1. The minimum Gasteiger partial charge on any atom is -0.324 e. The molecule has 4 rings (SSSR count). The molecular formula is C20H16Cl2N4. The second-order valence-corrected chi connectivity index (χ2v) is 6.99. The van der Waals surface area contributed by atoms with E-state index in [9.17, 15) is 0 Å². The normalized spacial score (nSPS) is 12.5. The first-order valence-corrected chi connectivity index (χ1v) is 8.94. The van der Waals surface area contributed by atoms with Crippen LogP contribution in [0.5, 0.6) is 0 Å². The van der Waals surface area contributed by atoms with Crippen molar-refractivity contribution in [1.29, 1.82) is 0 Å². The molecule has 0 saturated carbocycles. The number of hydrogen-bond acceptors (Lipinski definition) is 3. The lowest BCUT2D eigenvalue weighted by Gasteiger charge is -2.08. The van der Waals surface area contributed by atoms with Crippen LogP contribution in [0.4, 0.5) is 0 Å². The highest BCUT2D eigenvalue weighted by atomic mass is 35.5. The predicted octanol–water partition coefficient (Wildman–Crippen LogP) is 5.62. The van der Waals surface area contributed by atoms with Gasteiger partial charge in [-0.25, -0.2) is 0 Å². The Balaban J connectivity index is 1.81. The quantitative estimate of drug-likeness (QED) is 0.483. The standard InChI is InChI=1S/C20H16Cl2N4/c1-11(23)12-4-2-5-13(8-12)14-9-17-20(24-10-14)19(26-25-17)15-6-3-7-16(21)18(15)22/h2-11H,23H2,1H3,(H,25,26). The molecule has 0 fully saturated rings. The molecule has 0 saturated heterocycles. The molecular weight excluding hydrogens is 367 g/mol. The molecule has 4 nitrogen and oxygen atoms in total. The first-order chi connectivity index (χ1) is 12.5. The number of hydrogen-bond donors (Lipinski definition) is 2. The zero-order valence-corrected chi connectivity index (χ0v) is 15.5. The largest absolute Gasteiger partial charge is 0.324 e. The van der Waals surface area contributed by atoms with Gasteiger partial charge in [-0.3, -0.25) is 10.1 Å². The average Bonchev–Trinajstić information content (AvgIpc) is 3.07. The molecule has 4 aromatic rings. The van der Waals surface area contributed by atoms with Crippen molar-refractivity contribution >= 4 is 34.2 Å². The minimum atomic E-state index is -0.0182. The van der Waals surface area contributed by atoms with Crippen molar-refractivity contribution in [3.8, 4) is 22.4 Å². The molecule has 0 aliphatic rings. The van der Waals surface area contributed by atoms with Crippen LogP contribution in [0.2, 0.25) is 10.0 Å². The summed E-state index contributed by atoms with van der Waals surface area (Å²) in [5.74, 6) is 0. The van der Waals surface area contributed by atoms with Crippen molar-refractivity contribution < 1.29 is 0 Å². The van der Waals surface area contributed by atoms with E-state index in [1.165, 1.54) is 0 Å². The lowest BCUT2D eigenvalue weighted by molar-refractivity contribution is 0.819. The fourth-order valence-corrected chi connectivity index (χ4v) is 3.33. The fourth-order valence-electron chi connectivity index (χ4n) is 2.94. The summed E-state index contributed by atoms with van der Waals surface area (Å²) in [7, 11) is 0. The molecule has 2 heterocycles. The molecule has 6 heteroatoms. The summed E-state index contributed by atoms with van der Waals surface area (Å²) < 4.78 is 0. The van der Waals surface area contributed by atoms with Crippen molar-refractivity contribution in [2.24, 2.45) is 5.73 Å². The highest BCUT2D eigenvalue weighted by molar-refractivity contribution is 6.43. The van der Waals surface area contributed by atoms with E-state index >= 15 is 0 Å². The van der Waals surface area contributed by atoms with Gasteiger partial charge in [-0.1, -0.05) is 53.5 Å². The van der Waals surface area contributed by atoms with Gasteiger partial charge in [0.15, 0.2) is 0 Å². The Morgan fingerprint density at radius 3 is 2.65 bits per heavy atom. The van der Waals surface area contributed by atoms with E-state index in [0.29, 0.717) is 15.7 Å². The van der Waals surface area contributed by atoms with E-state index in [1.54, 1.807) is 6.07 Å². The number of fused-ring (bicyclic) bond motifs is 1. The Hall–Kier alpha value is -2.40. The van der Waals surface area contributed by atoms with Crippen molar-refractivity contribution in [3.63, 3.8) is 0 Å². The number of aromatic amines is 1. The Morgan fingerprint density at radius 1 is 1.04 bits per heavy atom. The highest BCUT2D eigenvalue weighted by Crippen LogP contribution is 2.36. The van der Waals surface area contributed by atoms with Crippen LogP contribution < -0.4 is 5.73 Å². The molecule has 1 atom stereocenters. The van der Waals surface area contributed by atoms with Gasteiger partial charge in [-0.2, -0.15) is 5.10 Å². The van der Waals surface area contributed by atoms with Crippen LogP contribution in [0.25, 0.3) is 33.4 Å². The van der Waals surface area contributed by atoms with Crippen molar-refractivity contribution in [1.82, 2.24) is 15.2 Å². The van der Waals surface area contributed by atoms with E-state index in [1.807, 2.05) is 49.5 Å². The molecule has 2 aromatic carbocycles. The van der Waals surface area contributed by atoms with E-state index in [2.05, 4.69) is 21.2 Å². The van der Waals surface area contributed by atoms with E-state index < -0.39 is 0 Å². The maximum Gasteiger partial charge on any atom is 0.120 e. The van der Waals surface area contributed by atoms with Crippen LogP contribution in [0.15, 0.2) is 54.7 Å².